The van der Waals surface area contributed by atoms with Crippen molar-refractivity contribution in [2.45, 2.75) is 38.6 Å². The first-order valence-corrected chi connectivity index (χ1v) is 5.58. The van der Waals surface area contributed by atoms with Gasteiger partial charge in [-0.1, -0.05) is 13.3 Å². The van der Waals surface area contributed by atoms with E-state index in [0.29, 0.717) is 23.8 Å². The average Bonchev–Trinajstić information content (AvgIpc) is 2.92. The molecule has 0 aromatic rings. The molecule has 1 amide bonds. The highest BCUT2D eigenvalue weighted by Crippen LogP contribution is 2.52. The zero-order chi connectivity index (χ0) is 9.00. The van der Waals surface area contributed by atoms with Gasteiger partial charge in [0.15, 0.2) is 0 Å². The van der Waals surface area contributed by atoms with Gasteiger partial charge in [-0.05, 0) is 37.0 Å². The molecule has 3 aliphatic rings. The third kappa shape index (κ3) is 1.18. The van der Waals surface area contributed by atoms with E-state index in [1.807, 2.05) is 0 Å². The molecule has 5 atom stereocenters. The van der Waals surface area contributed by atoms with Gasteiger partial charge < -0.3 is 5.32 Å². The van der Waals surface area contributed by atoms with Crippen LogP contribution in [0.1, 0.15) is 32.6 Å². The first kappa shape index (κ1) is 7.84. The molecule has 2 heteroatoms. The Bertz CT molecular complexity index is 240. The van der Waals surface area contributed by atoms with E-state index in [2.05, 4.69) is 12.2 Å². The van der Waals surface area contributed by atoms with E-state index in [0.717, 1.165) is 18.3 Å². The Morgan fingerprint density at radius 3 is 2.46 bits per heavy atom. The maximum absolute atomic E-state index is 11.6. The van der Waals surface area contributed by atoms with Crippen molar-refractivity contribution in [2.75, 3.05) is 0 Å². The topological polar surface area (TPSA) is 29.1 Å². The first-order valence-electron chi connectivity index (χ1n) is 5.58. The molecular weight excluding hydrogens is 162 g/mol. The van der Waals surface area contributed by atoms with E-state index < -0.39 is 0 Å². The molecule has 3 aliphatic carbocycles. The van der Waals surface area contributed by atoms with Gasteiger partial charge in [0.05, 0.1) is 0 Å². The summed E-state index contributed by atoms with van der Waals surface area (Å²) in [7, 11) is 0. The Labute approximate surface area is 79.1 Å². The Morgan fingerprint density at radius 1 is 1.31 bits per heavy atom. The number of hydrogen-bond acceptors (Lipinski definition) is 1. The molecule has 3 rings (SSSR count). The minimum Gasteiger partial charge on any atom is -0.353 e. The van der Waals surface area contributed by atoms with Gasteiger partial charge in [0.2, 0.25) is 5.91 Å². The summed E-state index contributed by atoms with van der Waals surface area (Å²) in [6.45, 7) is 2.16. The largest absolute Gasteiger partial charge is 0.353 e. The smallest absolute Gasteiger partial charge is 0.223 e. The number of fused-ring (bicyclic) bond motifs is 1. The van der Waals surface area contributed by atoms with Gasteiger partial charge in [-0.3, -0.25) is 4.79 Å². The van der Waals surface area contributed by atoms with Crippen molar-refractivity contribution in [1.82, 2.24) is 5.32 Å². The van der Waals surface area contributed by atoms with Crippen LogP contribution >= 0.6 is 0 Å². The zero-order valence-corrected chi connectivity index (χ0v) is 8.12. The molecule has 0 saturated heterocycles. The number of carbonyl (C=O) groups is 1. The van der Waals surface area contributed by atoms with Gasteiger partial charge in [0.25, 0.3) is 0 Å². The highest BCUT2D eigenvalue weighted by atomic mass is 16.2. The molecular formula is C11H17NO. The minimum absolute atomic E-state index is 0.340. The van der Waals surface area contributed by atoms with Crippen molar-refractivity contribution >= 4 is 5.91 Å². The second kappa shape index (κ2) is 2.49. The van der Waals surface area contributed by atoms with Crippen molar-refractivity contribution < 1.29 is 4.79 Å². The number of nitrogens with one attached hydrogen (secondary N) is 1. The average molecular weight is 179 g/mol. The Morgan fingerprint density at radius 2 is 1.92 bits per heavy atom. The molecule has 2 nitrogen and oxygen atoms in total. The van der Waals surface area contributed by atoms with Crippen LogP contribution in [-0.2, 0) is 4.79 Å². The lowest BCUT2D eigenvalue weighted by Crippen LogP contribution is -2.30. The fraction of sp³-hybridized carbons (Fsp3) is 0.909. The second-order valence-electron chi connectivity index (χ2n) is 5.11. The highest BCUT2D eigenvalue weighted by molar-refractivity contribution is 5.82. The quantitative estimate of drug-likeness (QED) is 0.684. The number of amides is 1. The molecule has 13 heavy (non-hydrogen) atoms. The SMILES string of the molecule is C[C@@H]1C[C@H]1C(=O)NC1[C@H]2CCC[C@@H]12. The lowest BCUT2D eigenvalue weighted by molar-refractivity contribution is -0.122. The minimum atomic E-state index is 0.340. The van der Waals surface area contributed by atoms with E-state index in [4.69, 9.17) is 0 Å². The van der Waals surface area contributed by atoms with Crippen molar-refractivity contribution in [1.29, 1.82) is 0 Å². The molecule has 0 aromatic carbocycles. The summed E-state index contributed by atoms with van der Waals surface area (Å²) < 4.78 is 0. The summed E-state index contributed by atoms with van der Waals surface area (Å²) in [6, 6.07) is 0.578. The van der Waals surface area contributed by atoms with Crippen LogP contribution in [0.25, 0.3) is 0 Å². The van der Waals surface area contributed by atoms with E-state index in [-0.39, 0.29) is 0 Å². The number of rotatable bonds is 2. The Hall–Kier alpha value is -0.530. The van der Waals surface area contributed by atoms with Crippen molar-refractivity contribution in [3.63, 3.8) is 0 Å². The fourth-order valence-corrected chi connectivity index (χ4v) is 2.99. The summed E-state index contributed by atoms with van der Waals surface area (Å²) in [5.74, 6) is 3.07. The van der Waals surface area contributed by atoms with Crippen LogP contribution in [-0.4, -0.2) is 11.9 Å². The number of hydrogen-bond donors (Lipinski definition) is 1. The molecule has 1 N–H and O–H groups in total. The fourth-order valence-electron chi connectivity index (χ4n) is 2.99. The molecule has 72 valence electrons. The maximum Gasteiger partial charge on any atom is 0.223 e. The Kier molecular flexibility index (Phi) is 1.50. The highest BCUT2D eigenvalue weighted by Gasteiger charge is 2.54. The van der Waals surface area contributed by atoms with E-state index in [9.17, 15) is 4.79 Å². The molecule has 0 aromatic heterocycles. The third-order valence-corrected chi connectivity index (χ3v) is 4.16. The van der Waals surface area contributed by atoms with E-state index >= 15 is 0 Å². The van der Waals surface area contributed by atoms with Crippen molar-refractivity contribution in [2.24, 2.45) is 23.7 Å². The van der Waals surface area contributed by atoms with Crippen LogP contribution in [0.4, 0.5) is 0 Å². The predicted octanol–water partition coefficient (Wildman–Crippen LogP) is 1.56. The van der Waals surface area contributed by atoms with Crippen LogP contribution in [0.5, 0.6) is 0 Å². The number of carbonyl (C=O) groups excluding carboxylic acids is 1. The van der Waals surface area contributed by atoms with Crippen molar-refractivity contribution in [3.8, 4) is 0 Å². The van der Waals surface area contributed by atoms with Gasteiger partial charge in [0, 0.05) is 12.0 Å². The summed E-state index contributed by atoms with van der Waals surface area (Å²) >= 11 is 0. The summed E-state index contributed by atoms with van der Waals surface area (Å²) in [5.41, 5.74) is 0. The summed E-state index contributed by atoms with van der Waals surface area (Å²) in [6.07, 6.45) is 5.22. The predicted molar refractivity (Wildman–Crippen MR) is 50.0 cm³/mol. The van der Waals surface area contributed by atoms with Gasteiger partial charge in [0.1, 0.15) is 0 Å². The van der Waals surface area contributed by atoms with Crippen LogP contribution in [0.2, 0.25) is 0 Å². The molecule has 1 unspecified atom stereocenters. The van der Waals surface area contributed by atoms with Gasteiger partial charge in [-0.25, -0.2) is 0 Å². The molecule has 3 saturated carbocycles. The lowest BCUT2D eigenvalue weighted by Gasteiger charge is -2.05. The van der Waals surface area contributed by atoms with Crippen LogP contribution in [0.15, 0.2) is 0 Å². The monoisotopic (exact) mass is 179 g/mol. The first-order chi connectivity index (χ1) is 6.27. The second-order valence-corrected chi connectivity index (χ2v) is 5.11. The van der Waals surface area contributed by atoms with Gasteiger partial charge in [-0.2, -0.15) is 0 Å². The van der Waals surface area contributed by atoms with Gasteiger partial charge in [-0.15, -0.1) is 0 Å². The van der Waals surface area contributed by atoms with Gasteiger partial charge >= 0.3 is 0 Å². The van der Waals surface area contributed by atoms with Crippen LogP contribution in [0.3, 0.4) is 0 Å². The molecule has 3 fully saturated rings. The van der Waals surface area contributed by atoms with Crippen LogP contribution < -0.4 is 5.32 Å². The lowest BCUT2D eigenvalue weighted by atomic mass is 10.2. The zero-order valence-electron chi connectivity index (χ0n) is 8.12. The Balaban J connectivity index is 1.51. The summed E-state index contributed by atoms with van der Waals surface area (Å²) in [4.78, 5) is 11.6. The third-order valence-electron chi connectivity index (χ3n) is 4.16. The maximum atomic E-state index is 11.6. The standard InChI is InChI=1S/C11H17NO/c1-6-5-9(6)11(13)12-10-7-3-2-4-8(7)10/h6-10H,2-5H2,1H3,(H,12,13)/t6-,7-,8+,9-,10?/m1/s1. The van der Waals surface area contributed by atoms with E-state index in [1.165, 1.54) is 19.3 Å². The molecule has 0 spiro atoms. The molecule has 0 radical (unpaired) electrons. The normalized spacial score (nSPS) is 51.3. The molecule has 0 aliphatic heterocycles. The van der Waals surface area contributed by atoms with E-state index in [1.54, 1.807) is 0 Å². The van der Waals surface area contributed by atoms with Crippen molar-refractivity contribution in [3.05, 3.63) is 0 Å². The molecule has 0 bridgehead atoms. The van der Waals surface area contributed by atoms with Crippen LogP contribution in [0, 0.1) is 23.7 Å². The summed E-state index contributed by atoms with van der Waals surface area (Å²) in [5, 5.41) is 3.21. The molecule has 0 heterocycles.